The van der Waals surface area contributed by atoms with E-state index >= 15 is 0 Å². The van der Waals surface area contributed by atoms with E-state index in [9.17, 15) is 9.59 Å². The number of piperazine rings is 1. The predicted molar refractivity (Wildman–Crippen MR) is 91.6 cm³/mol. The van der Waals surface area contributed by atoms with Crippen LogP contribution in [0.15, 0.2) is 36.7 Å². The van der Waals surface area contributed by atoms with E-state index in [0.717, 1.165) is 0 Å². The minimum absolute atomic E-state index is 0.0512. The summed E-state index contributed by atoms with van der Waals surface area (Å²) < 4.78 is 5.16. The lowest BCUT2D eigenvalue weighted by Gasteiger charge is -2.34. The van der Waals surface area contributed by atoms with E-state index in [4.69, 9.17) is 4.74 Å². The van der Waals surface area contributed by atoms with E-state index in [0.29, 0.717) is 48.9 Å². The number of benzene rings is 1. The second-order valence-corrected chi connectivity index (χ2v) is 5.84. The smallest absolute Gasteiger partial charge is 0.257 e. The van der Waals surface area contributed by atoms with Crippen molar-refractivity contribution in [3.63, 3.8) is 0 Å². The fourth-order valence-corrected chi connectivity index (χ4v) is 2.74. The monoisotopic (exact) mass is 340 g/mol. The van der Waals surface area contributed by atoms with Gasteiger partial charge in [-0.3, -0.25) is 9.59 Å². The average molecular weight is 340 g/mol. The molecule has 0 bridgehead atoms. The van der Waals surface area contributed by atoms with Gasteiger partial charge in [0.15, 0.2) is 0 Å². The summed E-state index contributed by atoms with van der Waals surface area (Å²) in [6.45, 7) is 3.74. The Morgan fingerprint density at radius 2 is 1.52 bits per heavy atom. The van der Waals surface area contributed by atoms with E-state index in [1.807, 2.05) is 0 Å². The number of hydrogen-bond donors (Lipinski definition) is 0. The lowest BCUT2D eigenvalue weighted by atomic mass is 10.1. The summed E-state index contributed by atoms with van der Waals surface area (Å²) in [6, 6.07) is 7.09. The lowest BCUT2D eigenvalue weighted by molar-refractivity contribution is 0.0535. The fourth-order valence-electron chi connectivity index (χ4n) is 2.74. The van der Waals surface area contributed by atoms with Crippen LogP contribution in [0.3, 0.4) is 0 Å². The van der Waals surface area contributed by atoms with Crippen molar-refractivity contribution < 1.29 is 14.3 Å². The van der Waals surface area contributed by atoms with Gasteiger partial charge in [0.1, 0.15) is 11.6 Å². The van der Waals surface area contributed by atoms with Crippen LogP contribution in [-0.2, 0) is 0 Å². The highest BCUT2D eigenvalue weighted by atomic mass is 16.5. The quantitative estimate of drug-likeness (QED) is 0.844. The third-order valence-electron chi connectivity index (χ3n) is 4.20. The van der Waals surface area contributed by atoms with Crippen LogP contribution in [0, 0.1) is 6.92 Å². The van der Waals surface area contributed by atoms with Gasteiger partial charge >= 0.3 is 0 Å². The Labute approximate surface area is 146 Å². The number of ether oxygens (including phenoxy) is 1. The highest BCUT2D eigenvalue weighted by Crippen LogP contribution is 2.16. The van der Waals surface area contributed by atoms with Crippen molar-refractivity contribution in [2.75, 3.05) is 33.3 Å². The summed E-state index contributed by atoms with van der Waals surface area (Å²) in [4.78, 5) is 36.7. The zero-order valence-electron chi connectivity index (χ0n) is 14.3. The Kier molecular flexibility index (Phi) is 4.92. The van der Waals surface area contributed by atoms with Gasteiger partial charge in [-0.1, -0.05) is 6.07 Å². The molecule has 0 saturated carbocycles. The summed E-state index contributed by atoms with van der Waals surface area (Å²) in [5.74, 6) is 1.13. The van der Waals surface area contributed by atoms with E-state index in [1.165, 1.54) is 0 Å². The SMILES string of the molecule is COc1cccc(C(=O)N2CCN(C(=O)c3cnc(C)nc3)CC2)c1. The molecule has 2 heterocycles. The number of rotatable bonds is 3. The molecule has 1 saturated heterocycles. The molecule has 1 fully saturated rings. The Hall–Kier alpha value is -2.96. The molecule has 0 radical (unpaired) electrons. The van der Waals surface area contributed by atoms with Crippen LogP contribution in [0.1, 0.15) is 26.5 Å². The van der Waals surface area contributed by atoms with E-state index in [1.54, 1.807) is 60.5 Å². The molecule has 3 rings (SSSR count). The first kappa shape index (κ1) is 16.9. The molecule has 25 heavy (non-hydrogen) atoms. The molecule has 1 aliphatic rings. The largest absolute Gasteiger partial charge is 0.497 e. The summed E-state index contributed by atoms with van der Waals surface area (Å²) in [5, 5.41) is 0. The summed E-state index contributed by atoms with van der Waals surface area (Å²) in [7, 11) is 1.57. The van der Waals surface area contributed by atoms with Crippen molar-refractivity contribution in [2.45, 2.75) is 6.92 Å². The normalized spacial score (nSPS) is 14.3. The van der Waals surface area contributed by atoms with Gasteiger partial charge in [-0.15, -0.1) is 0 Å². The van der Waals surface area contributed by atoms with Gasteiger partial charge in [-0.2, -0.15) is 0 Å². The Balaban J connectivity index is 1.62. The molecule has 130 valence electrons. The van der Waals surface area contributed by atoms with Crippen molar-refractivity contribution in [2.24, 2.45) is 0 Å². The molecule has 2 amide bonds. The number of aryl methyl sites for hydroxylation is 1. The van der Waals surface area contributed by atoms with Gasteiger partial charge in [0, 0.05) is 44.1 Å². The van der Waals surface area contributed by atoms with Gasteiger partial charge in [0.05, 0.1) is 12.7 Å². The van der Waals surface area contributed by atoms with Crippen LogP contribution in [0.4, 0.5) is 0 Å². The molecule has 1 aromatic carbocycles. The number of methoxy groups -OCH3 is 1. The highest BCUT2D eigenvalue weighted by Gasteiger charge is 2.26. The van der Waals surface area contributed by atoms with Crippen LogP contribution in [-0.4, -0.2) is 64.9 Å². The van der Waals surface area contributed by atoms with E-state index in [-0.39, 0.29) is 11.8 Å². The maximum atomic E-state index is 12.6. The summed E-state index contributed by atoms with van der Waals surface area (Å²) >= 11 is 0. The fraction of sp³-hybridized carbons (Fsp3) is 0.333. The first-order valence-electron chi connectivity index (χ1n) is 8.10. The second-order valence-electron chi connectivity index (χ2n) is 5.84. The van der Waals surface area contributed by atoms with Crippen molar-refractivity contribution in [3.05, 3.63) is 53.6 Å². The van der Waals surface area contributed by atoms with Crippen LogP contribution < -0.4 is 4.74 Å². The lowest BCUT2D eigenvalue weighted by Crippen LogP contribution is -2.50. The first-order chi connectivity index (χ1) is 12.1. The summed E-state index contributed by atoms with van der Waals surface area (Å²) in [5.41, 5.74) is 1.06. The summed E-state index contributed by atoms with van der Waals surface area (Å²) in [6.07, 6.45) is 3.08. The number of nitrogens with zero attached hydrogens (tertiary/aromatic N) is 4. The van der Waals surface area contributed by atoms with Crippen molar-refractivity contribution >= 4 is 11.8 Å². The van der Waals surface area contributed by atoms with Crippen LogP contribution >= 0.6 is 0 Å². The molecule has 7 heteroatoms. The van der Waals surface area contributed by atoms with Crippen LogP contribution in [0.5, 0.6) is 5.75 Å². The molecule has 7 nitrogen and oxygen atoms in total. The molecule has 0 spiro atoms. The zero-order chi connectivity index (χ0) is 17.8. The number of hydrogen-bond acceptors (Lipinski definition) is 5. The van der Waals surface area contributed by atoms with Gasteiger partial charge in [-0.05, 0) is 25.1 Å². The first-order valence-corrected chi connectivity index (χ1v) is 8.10. The number of aromatic nitrogens is 2. The van der Waals surface area contributed by atoms with Gasteiger partial charge in [0.25, 0.3) is 11.8 Å². The van der Waals surface area contributed by atoms with Gasteiger partial charge in [0.2, 0.25) is 0 Å². The molecule has 1 aromatic heterocycles. The second kappa shape index (κ2) is 7.29. The Bertz CT molecular complexity index is 768. The van der Waals surface area contributed by atoms with Crippen molar-refractivity contribution in [3.8, 4) is 5.75 Å². The van der Waals surface area contributed by atoms with E-state index < -0.39 is 0 Å². The molecule has 0 unspecified atom stereocenters. The van der Waals surface area contributed by atoms with Gasteiger partial charge < -0.3 is 14.5 Å². The number of carbonyl (C=O) groups excluding carboxylic acids is 2. The molecular weight excluding hydrogens is 320 g/mol. The van der Waals surface area contributed by atoms with Crippen LogP contribution in [0.25, 0.3) is 0 Å². The topological polar surface area (TPSA) is 75.6 Å². The number of carbonyl (C=O) groups is 2. The molecule has 0 aliphatic carbocycles. The minimum Gasteiger partial charge on any atom is -0.497 e. The Morgan fingerprint density at radius 1 is 0.960 bits per heavy atom. The minimum atomic E-state index is -0.103. The molecule has 0 atom stereocenters. The van der Waals surface area contributed by atoms with E-state index in [2.05, 4.69) is 9.97 Å². The third kappa shape index (κ3) is 3.76. The Morgan fingerprint density at radius 3 is 2.08 bits per heavy atom. The maximum Gasteiger partial charge on any atom is 0.257 e. The van der Waals surface area contributed by atoms with Crippen molar-refractivity contribution in [1.29, 1.82) is 0 Å². The molecule has 0 N–H and O–H groups in total. The van der Waals surface area contributed by atoms with Crippen LogP contribution in [0.2, 0.25) is 0 Å². The molecular formula is C18H20N4O3. The molecule has 1 aliphatic heterocycles. The average Bonchev–Trinajstić information content (AvgIpc) is 2.67. The van der Waals surface area contributed by atoms with Gasteiger partial charge in [-0.25, -0.2) is 9.97 Å². The standard InChI is InChI=1S/C18H20N4O3/c1-13-19-11-15(12-20-13)18(24)22-8-6-21(7-9-22)17(23)14-4-3-5-16(10-14)25-2/h3-5,10-12H,6-9H2,1-2H3. The highest BCUT2D eigenvalue weighted by molar-refractivity contribution is 5.96. The zero-order valence-corrected chi connectivity index (χ0v) is 14.3. The molecule has 2 aromatic rings. The maximum absolute atomic E-state index is 12.6. The third-order valence-corrected chi connectivity index (χ3v) is 4.20. The van der Waals surface area contributed by atoms with Crippen molar-refractivity contribution in [1.82, 2.24) is 19.8 Å². The predicted octanol–water partition coefficient (Wildman–Crippen LogP) is 1.39. The number of amides is 2.